The summed E-state index contributed by atoms with van der Waals surface area (Å²) in [5, 5.41) is 0. The predicted octanol–water partition coefficient (Wildman–Crippen LogP) is 3.03. The summed E-state index contributed by atoms with van der Waals surface area (Å²) in [5.41, 5.74) is 16.4. The van der Waals surface area contributed by atoms with Gasteiger partial charge in [0.2, 0.25) is 0 Å². The van der Waals surface area contributed by atoms with Crippen LogP contribution in [-0.2, 0) is 5.41 Å². The second-order valence-corrected chi connectivity index (χ2v) is 6.84. The van der Waals surface area contributed by atoms with Crippen LogP contribution >= 0.6 is 0 Å². The molecule has 0 aromatic heterocycles. The molecular formula is C16H26N2. The second-order valence-electron chi connectivity index (χ2n) is 6.84. The van der Waals surface area contributed by atoms with E-state index in [4.69, 9.17) is 11.5 Å². The smallest absolute Gasteiger partial charge is 0.0327 e. The van der Waals surface area contributed by atoms with Gasteiger partial charge in [0.25, 0.3) is 0 Å². The molecule has 1 fully saturated rings. The van der Waals surface area contributed by atoms with Gasteiger partial charge in [-0.3, -0.25) is 0 Å². The van der Waals surface area contributed by atoms with Crippen LogP contribution in [0.4, 0.5) is 0 Å². The molecule has 0 radical (unpaired) electrons. The lowest BCUT2D eigenvalue weighted by atomic mass is 9.73. The molecule has 2 heteroatoms. The monoisotopic (exact) mass is 246 g/mol. The Morgan fingerprint density at radius 1 is 1.22 bits per heavy atom. The fourth-order valence-corrected chi connectivity index (χ4v) is 2.72. The van der Waals surface area contributed by atoms with Gasteiger partial charge in [-0.25, -0.2) is 0 Å². The Balaban J connectivity index is 2.26. The molecule has 0 spiro atoms. The lowest BCUT2D eigenvalue weighted by Crippen LogP contribution is -2.41. The summed E-state index contributed by atoms with van der Waals surface area (Å²) < 4.78 is 0. The molecule has 1 aliphatic rings. The Labute approximate surface area is 111 Å². The highest BCUT2D eigenvalue weighted by molar-refractivity contribution is 5.37. The van der Waals surface area contributed by atoms with Gasteiger partial charge in [0.1, 0.15) is 0 Å². The average molecular weight is 246 g/mol. The minimum absolute atomic E-state index is 0.145. The molecule has 2 nitrogen and oxygen atoms in total. The number of rotatable bonds is 2. The molecule has 0 aliphatic heterocycles. The maximum absolute atomic E-state index is 6.42. The maximum atomic E-state index is 6.42. The molecule has 1 aromatic carbocycles. The third-order valence-electron chi connectivity index (χ3n) is 4.22. The van der Waals surface area contributed by atoms with Crippen LogP contribution in [0.25, 0.3) is 0 Å². The zero-order chi connectivity index (χ0) is 13.5. The first-order valence-electron chi connectivity index (χ1n) is 6.91. The number of benzene rings is 1. The Kier molecular flexibility index (Phi) is 3.52. The van der Waals surface area contributed by atoms with Crippen LogP contribution in [0.2, 0.25) is 0 Å². The van der Waals surface area contributed by atoms with Gasteiger partial charge >= 0.3 is 0 Å². The Hall–Kier alpha value is -0.860. The van der Waals surface area contributed by atoms with Gasteiger partial charge in [-0.2, -0.15) is 0 Å². The molecule has 1 saturated carbocycles. The van der Waals surface area contributed by atoms with Crippen molar-refractivity contribution in [3.8, 4) is 0 Å². The Bertz CT molecular complexity index is 425. The van der Waals surface area contributed by atoms with Crippen molar-refractivity contribution in [2.24, 2.45) is 17.4 Å². The standard InChI is InChI=1S/C16H26N2/c1-10-5-6-12(16(2,3)4)9-14(10)15(18)11-7-13(17)8-11/h5-6,9,11,13,15H,7-8,17-18H2,1-4H3. The summed E-state index contributed by atoms with van der Waals surface area (Å²) in [4.78, 5) is 0. The number of hydrogen-bond acceptors (Lipinski definition) is 2. The molecular weight excluding hydrogens is 220 g/mol. The van der Waals surface area contributed by atoms with Crippen LogP contribution in [0.5, 0.6) is 0 Å². The van der Waals surface area contributed by atoms with Crippen molar-refractivity contribution in [2.75, 3.05) is 0 Å². The Morgan fingerprint density at radius 2 is 1.83 bits per heavy atom. The van der Waals surface area contributed by atoms with Gasteiger partial charge in [-0.15, -0.1) is 0 Å². The third-order valence-corrected chi connectivity index (χ3v) is 4.22. The van der Waals surface area contributed by atoms with E-state index in [0.717, 1.165) is 12.8 Å². The molecule has 0 heterocycles. The van der Waals surface area contributed by atoms with Gasteiger partial charge in [-0.1, -0.05) is 39.0 Å². The quantitative estimate of drug-likeness (QED) is 0.842. The van der Waals surface area contributed by atoms with Gasteiger partial charge in [0, 0.05) is 12.1 Å². The molecule has 0 saturated heterocycles. The SMILES string of the molecule is Cc1ccc(C(C)(C)C)cc1C(N)C1CC(N)C1. The van der Waals surface area contributed by atoms with Crippen molar-refractivity contribution >= 4 is 0 Å². The van der Waals surface area contributed by atoms with Crippen LogP contribution in [0.3, 0.4) is 0 Å². The summed E-state index contributed by atoms with van der Waals surface area (Å²) >= 11 is 0. The van der Waals surface area contributed by atoms with E-state index >= 15 is 0 Å². The maximum Gasteiger partial charge on any atom is 0.0327 e. The summed E-state index contributed by atoms with van der Waals surface area (Å²) in [6, 6.07) is 7.23. The van der Waals surface area contributed by atoms with E-state index in [1.165, 1.54) is 16.7 Å². The van der Waals surface area contributed by atoms with Crippen LogP contribution in [0.1, 0.15) is 56.3 Å². The summed E-state index contributed by atoms with van der Waals surface area (Å²) in [7, 11) is 0. The molecule has 18 heavy (non-hydrogen) atoms. The molecule has 1 atom stereocenters. The van der Waals surface area contributed by atoms with Crippen LogP contribution in [0, 0.1) is 12.8 Å². The normalized spacial score (nSPS) is 25.7. The highest BCUT2D eigenvalue weighted by atomic mass is 14.7. The first kappa shape index (κ1) is 13.6. The lowest BCUT2D eigenvalue weighted by molar-refractivity contribution is 0.223. The molecule has 1 unspecified atom stereocenters. The topological polar surface area (TPSA) is 52.0 Å². The van der Waals surface area contributed by atoms with E-state index in [0.29, 0.717) is 12.0 Å². The highest BCUT2D eigenvalue weighted by Crippen LogP contribution is 2.37. The van der Waals surface area contributed by atoms with Crippen LogP contribution in [-0.4, -0.2) is 6.04 Å². The van der Waals surface area contributed by atoms with Crippen molar-refractivity contribution in [2.45, 2.75) is 58.0 Å². The van der Waals surface area contributed by atoms with Gasteiger partial charge < -0.3 is 11.5 Å². The molecule has 1 aromatic rings. The third kappa shape index (κ3) is 2.60. The Morgan fingerprint density at radius 3 is 2.33 bits per heavy atom. The largest absolute Gasteiger partial charge is 0.328 e. The molecule has 2 rings (SSSR count). The van der Waals surface area contributed by atoms with Crippen molar-refractivity contribution in [3.63, 3.8) is 0 Å². The van der Waals surface area contributed by atoms with Crippen molar-refractivity contribution in [1.29, 1.82) is 0 Å². The first-order valence-corrected chi connectivity index (χ1v) is 6.91. The summed E-state index contributed by atoms with van der Waals surface area (Å²) in [5.74, 6) is 0.564. The first-order chi connectivity index (χ1) is 8.29. The fourth-order valence-electron chi connectivity index (χ4n) is 2.72. The highest BCUT2D eigenvalue weighted by Gasteiger charge is 2.32. The van der Waals surface area contributed by atoms with E-state index < -0.39 is 0 Å². The van der Waals surface area contributed by atoms with Crippen LogP contribution < -0.4 is 11.5 Å². The molecule has 100 valence electrons. The zero-order valence-electron chi connectivity index (χ0n) is 12.0. The summed E-state index contributed by atoms with van der Waals surface area (Å²) in [6.07, 6.45) is 2.14. The van der Waals surface area contributed by atoms with Crippen LogP contribution in [0.15, 0.2) is 18.2 Å². The number of hydrogen-bond donors (Lipinski definition) is 2. The fraction of sp³-hybridized carbons (Fsp3) is 0.625. The number of nitrogens with two attached hydrogens (primary N) is 2. The minimum Gasteiger partial charge on any atom is -0.328 e. The van der Waals surface area contributed by atoms with Gasteiger partial charge in [-0.05, 0) is 47.8 Å². The van der Waals surface area contributed by atoms with Crippen molar-refractivity contribution in [1.82, 2.24) is 0 Å². The van der Waals surface area contributed by atoms with Crippen molar-refractivity contribution < 1.29 is 0 Å². The van der Waals surface area contributed by atoms with Gasteiger partial charge in [0.05, 0.1) is 0 Å². The summed E-state index contributed by atoms with van der Waals surface area (Å²) in [6.45, 7) is 8.88. The van der Waals surface area contributed by atoms with Crippen molar-refractivity contribution in [3.05, 3.63) is 34.9 Å². The van der Waals surface area contributed by atoms with E-state index in [-0.39, 0.29) is 11.5 Å². The lowest BCUT2D eigenvalue weighted by Gasteiger charge is -2.37. The average Bonchev–Trinajstić information content (AvgIpc) is 2.23. The molecule has 1 aliphatic carbocycles. The van der Waals surface area contributed by atoms with E-state index in [1.807, 2.05) is 0 Å². The molecule has 4 N–H and O–H groups in total. The number of aryl methyl sites for hydroxylation is 1. The minimum atomic E-state index is 0.145. The molecule has 0 amide bonds. The van der Waals surface area contributed by atoms with E-state index in [9.17, 15) is 0 Å². The zero-order valence-corrected chi connectivity index (χ0v) is 12.0. The molecule has 0 bridgehead atoms. The van der Waals surface area contributed by atoms with E-state index in [1.54, 1.807) is 0 Å². The van der Waals surface area contributed by atoms with E-state index in [2.05, 4.69) is 45.9 Å². The second kappa shape index (κ2) is 4.67. The predicted molar refractivity (Wildman–Crippen MR) is 77.5 cm³/mol. The van der Waals surface area contributed by atoms with Gasteiger partial charge in [0.15, 0.2) is 0 Å².